The van der Waals surface area contributed by atoms with Crippen LogP contribution in [0, 0.1) is 6.92 Å². The highest BCUT2D eigenvalue weighted by molar-refractivity contribution is 7.89. The van der Waals surface area contributed by atoms with Crippen LogP contribution >= 0.6 is 0 Å². The van der Waals surface area contributed by atoms with E-state index in [-0.39, 0.29) is 10.8 Å². The average Bonchev–Trinajstić information content (AvgIpc) is 3.07. The van der Waals surface area contributed by atoms with Gasteiger partial charge >= 0.3 is 0 Å². The van der Waals surface area contributed by atoms with Crippen molar-refractivity contribution in [2.24, 2.45) is 0 Å². The third-order valence-electron chi connectivity index (χ3n) is 4.56. The highest BCUT2D eigenvalue weighted by atomic mass is 32.2. The number of carbonyl (C=O) groups excluding carboxylic acids is 1. The average molecular weight is 392 g/mol. The van der Waals surface area contributed by atoms with Crippen molar-refractivity contribution in [1.29, 1.82) is 0 Å². The number of aryl methyl sites for hydroxylation is 1. The number of likely N-dealkylation sites (N-methyl/N-ethyl adjacent to an activating group) is 1. The number of nitrogens with zero attached hydrogens (tertiary/aromatic N) is 3. The number of hydrogen-bond donors (Lipinski definition) is 1. The van der Waals surface area contributed by atoms with Gasteiger partial charge in [-0.1, -0.05) is 5.16 Å². The molecule has 9 heteroatoms. The Hall–Kier alpha value is -2.23. The Morgan fingerprint density at radius 2 is 1.85 bits per heavy atom. The molecule has 1 N–H and O–H groups in total. The quantitative estimate of drug-likeness (QED) is 0.784. The van der Waals surface area contributed by atoms with Gasteiger partial charge in [0.05, 0.1) is 10.6 Å². The minimum absolute atomic E-state index is 0.210. The fourth-order valence-electron chi connectivity index (χ4n) is 2.90. The van der Waals surface area contributed by atoms with Gasteiger partial charge in [-0.15, -0.1) is 0 Å². The summed E-state index contributed by atoms with van der Waals surface area (Å²) in [5.74, 6) is 0.479. The van der Waals surface area contributed by atoms with Crippen molar-refractivity contribution in [3.05, 3.63) is 47.3 Å². The van der Waals surface area contributed by atoms with Gasteiger partial charge in [-0.2, -0.15) is 4.31 Å². The van der Waals surface area contributed by atoms with Gasteiger partial charge in [0.15, 0.2) is 0 Å². The summed E-state index contributed by atoms with van der Waals surface area (Å²) in [4.78, 5) is 14.5. The van der Waals surface area contributed by atoms with Gasteiger partial charge < -0.3 is 14.7 Å². The Morgan fingerprint density at radius 1 is 1.19 bits per heavy atom. The lowest BCUT2D eigenvalue weighted by atomic mass is 10.2. The summed E-state index contributed by atoms with van der Waals surface area (Å²) in [7, 11) is -1.55. The summed E-state index contributed by atoms with van der Waals surface area (Å²) in [6.07, 6.45) is 0.568. The van der Waals surface area contributed by atoms with Crippen LogP contribution in [-0.4, -0.2) is 68.5 Å². The number of piperazine rings is 1. The van der Waals surface area contributed by atoms with Gasteiger partial charge in [0.1, 0.15) is 5.76 Å². The summed E-state index contributed by atoms with van der Waals surface area (Å²) in [5, 5.41) is 6.67. The Kier molecular flexibility index (Phi) is 5.93. The van der Waals surface area contributed by atoms with E-state index in [0.717, 1.165) is 11.5 Å². The zero-order valence-corrected chi connectivity index (χ0v) is 16.3. The number of aromatic nitrogens is 1. The molecule has 1 aliphatic rings. The van der Waals surface area contributed by atoms with Crippen molar-refractivity contribution < 1.29 is 17.7 Å². The molecule has 2 aromatic rings. The summed E-state index contributed by atoms with van der Waals surface area (Å²) < 4.78 is 31.9. The summed E-state index contributed by atoms with van der Waals surface area (Å²) in [6, 6.07) is 7.88. The third-order valence-corrected chi connectivity index (χ3v) is 6.47. The molecule has 1 saturated heterocycles. The number of hydrogen-bond acceptors (Lipinski definition) is 6. The number of benzene rings is 1. The highest BCUT2D eigenvalue weighted by Gasteiger charge is 2.27. The lowest BCUT2D eigenvalue weighted by molar-refractivity contribution is 0.0954. The van der Waals surface area contributed by atoms with E-state index >= 15 is 0 Å². The van der Waals surface area contributed by atoms with E-state index in [9.17, 15) is 13.2 Å². The molecule has 0 bridgehead atoms. The van der Waals surface area contributed by atoms with E-state index in [1.165, 1.54) is 16.4 Å². The zero-order chi connectivity index (χ0) is 19.4. The maximum absolute atomic E-state index is 12.7. The highest BCUT2D eigenvalue weighted by Crippen LogP contribution is 2.18. The SMILES string of the molecule is Cc1cc(CCNC(=O)c2ccc(S(=O)(=O)N3CCN(C)CC3)cc2)no1. The first-order chi connectivity index (χ1) is 12.9. The monoisotopic (exact) mass is 392 g/mol. The Labute approximate surface area is 159 Å². The molecule has 2 heterocycles. The molecule has 0 atom stereocenters. The molecule has 8 nitrogen and oxygen atoms in total. The van der Waals surface area contributed by atoms with E-state index in [1.807, 2.05) is 20.0 Å². The van der Waals surface area contributed by atoms with Crippen LogP contribution in [0.4, 0.5) is 0 Å². The summed E-state index contributed by atoms with van der Waals surface area (Å²) in [6.45, 7) is 4.61. The van der Waals surface area contributed by atoms with E-state index in [0.29, 0.717) is 44.7 Å². The van der Waals surface area contributed by atoms with E-state index in [2.05, 4.69) is 15.4 Å². The van der Waals surface area contributed by atoms with Crippen LogP contribution in [0.15, 0.2) is 39.8 Å². The molecular formula is C18H24N4O4S. The smallest absolute Gasteiger partial charge is 0.251 e. The summed E-state index contributed by atoms with van der Waals surface area (Å²) >= 11 is 0. The molecule has 0 saturated carbocycles. The molecule has 0 radical (unpaired) electrons. The van der Waals surface area contributed by atoms with E-state index < -0.39 is 10.0 Å². The number of carbonyl (C=O) groups is 1. The maximum Gasteiger partial charge on any atom is 0.251 e. The molecular weight excluding hydrogens is 368 g/mol. The van der Waals surface area contributed by atoms with Crippen LogP contribution in [0.1, 0.15) is 21.8 Å². The molecule has 1 fully saturated rings. The maximum atomic E-state index is 12.7. The van der Waals surface area contributed by atoms with Crippen LogP contribution in [0.25, 0.3) is 0 Å². The van der Waals surface area contributed by atoms with Gasteiger partial charge in [-0.3, -0.25) is 4.79 Å². The first kappa shape index (κ1) is 19.5. The van der Waals surface area contributed by atoms with Crippen LogP contribution < -0.4 is 5.32 Å². The normalized spacial score (nSPS) is 16.4. The van der Waals surface area contributed by atoms with Gasteiger partial charge in [0.25, 0.3) is 5.91 Å². The van der Waals surface area contributed by atoms with Crippen LogP contribution in [0.2, 0.25) is 0 Å². The Morgan fingerprint density at radius 3 is 2.44 bits per heavy atom. The number of rotatable bonds is 6. The van der Waals surface area contributed by atoms with Crippen molar-refractivity contribution in [2.45, 2.75) is 18.2 Å². The van der Waals surface area contributed by atoms with Crippen molar-refractivity contribution in [1.82, 2.24) is 19.7 Å². The first-order valence-corrected chi connectivity index (χ1v) is 10.3. The zero-order valence-electron chi connectivity index (χ0n) is 15.5. The molecule has 0 unspecified atom stereocenters. The Balaban J connectivity index is 1.58. The molecule has 27 heavy (non-hydrogen) atoms. The van der Waals surface area contributed by atoms with E-state index in [4.69, 9.17) is 4.52 Å². The van der Waals surface area contributed by atoms with Gasteiger partial charge in [0.2, 0.25) is 10.0 Å². The molecule has 1 aromatic carbocycles. The van der Waals surface area contributed by atoms with Crippen molar-refractivity contribution >= 4 is 15.9 Å². The van der Waals surface area contributed by atoms with Crippen molar-refractivity contribution in [3.63, 3.8) is 0 Å². The largest absolute Gasteiger partial charge is 0.361 e. The lowest BCUT2D eigenvalue weighted by Gasteiger charge is -2.31. The van der Waals surface area contributed by atoms with Gasteiger partial charge in [-0.05, 0) is 38.2 Å². The molecule has 1 aromatic heterocycles. The molecule has 1 amide bonds. The van der Waals surface area contributed by atoms with Crippen LogP contribution in [0.3, 0.4) is 0 Å². The fourth-order valence-corrected chi connectivity index (χ4v) is 4.32. The fraction of sp³-hybridized carbons (Fsp3) is 0.444. The second-order valence-electron chi connectivity index (χ2n) is 6.67. The molecule has 0 aliphatic carbocycles. The van der Waals surface area contributed by atoms with Gasteiger partial charge in [-0.25, -0.2) is 8.42 Å². The number of sulfonamides is 1. The second-order valence-corrected chi connectivity index (χ2v) is 8.60. The van der Waals surface area contributed by atoms with Crippen molar-refractivity contribution in [2.75, 3.05) is 39.8 Å². The summed E-state index contributed by atoms with van der Waals surface area (Å²) in [5.41, 5.74) is 1.20. The van der Waals surface area contributed by atoms with Crippen molar-refractivity contribution in [3.8, 4) is 0 Å². The number of nitrogens with one attached hydrogen (secondary N) is 1. The topological polar surface area (TPSA) is 95.8 Å². The molecule has 3 rings (SSSR count). The minimum Gasteiger partial charge on any atom is -0.361 e. The van der Waals surface area contributed by atoms with Gasteiger partial charge in [0, 0.05) is 50.8 Å². The molecule has 146 valence electrons. The van der Waals surface area contributed by atoms with E-state index in [1.54, 1.807) is 12.1 Å². The third kappa shape index (κ3) is 4.74. The number of amides is 1. The minimum atomic E-state index is -3.52. The lowest BCUT2D eigenvalue weighted by Crippen LogP contribution is -2.47. The van der Waals surface area contributed by atoms with Crippen LogP contribution in [0.5, 0.6) is 0 Å². The second kappa shape index (κ2) is 8.20. The standard InChI is InChI=1S/C18H24N4O4S/c1-14-13-16(20-26-14)7-8-19-18(23)15-3-5-17(6-4-15)27(24,25)22-11-9-21(2)10-12-22/h3-6,13H,7-12H2,1-2H3,(H,19,23). The predicted octanol–water partition coefficient (Wildman–Crippen LogP) is 0.892. The predicted molar refractivity (Wildman–Crippen MR) is 100.0 cm³/mol. The Bertz CT molecular complexity index is 884. The molecule has 1 aliphatic heterocycles. The first-order valence-electron chi connectivity index (χ1n) is 8.85. The van der Waals surface area contributed by atoms with Crippen LogP contribution in [-0.2, 0) is 16.4 Å². The molecule has 0 spiro atoms.